The lowest BCUT2D eigenvalue weighted by atomic mass is 10.0. The summed E-state index contributed by atoms with van der Waals surface area (Å²) >= 11 is 5.94. The lowest BCUT2D eigenvalue weighted by molar-refractivity contribution is 0.0890. The van der Waals surface area contributed by atoms with Crippen LogP contribution in [0.3, 0.4) is 0 Å². The van der Waals surface area contributed by atoms with Gasteiger partial charge in [-0.2, -0.15) is 0 Å². The summed E-state index contributed by atoms with van der Waals surface area (Å²) in [7, 11) is 1.78. The van der Waals surface area contributed by atoms with Crippen molar-refractivity contribution in [2.24, 2.45) is 0 Å². The van der Waals surface area contributed by atoms with Crippen LogP contribution in [0.4, 0.5) is 5.69 Å². The molecule has 1 aromatic carbocycles. The van der Waals surface area contributed by atoms with Gasteiger partial charge in [-0.3, -0.25) is 4.79 Å². The van der Waals surface area contributed by atoms with E-state index in [9.17, 15) is 4.79 Å². The molecule has 98 valence electrons. The number of anilines is 1. The summed E-state index contributed by atoms with van der Waals surface area (Å²) < 4.78 is 5.32. The molecule has 1 fully saturated rings. The number of rotatable bonds is 3. The number of benzene rings is 1. The molecule has 4 nitrogen and oxygen atoms in total. The Morgan fingerprint density at radius 2 is 2.28 bits per heavy atom. The number of hydrogen-bond acceptors (Lipinski definition) is 3. The van der Waals surface area contributed by atoms with Gasteiger partial charge in [0, 0.05) is 24.4 Å². The molecule has 2 rings (SSSR count). The first-order valence-electron chi connectivity index (χ1n) is 5.92. The largest absolute Gasteiger partial charge is 0.387 e. The third-order valence-electron chi connectivity index (χ3n) is 3.13. The molecule has 1 aliphatic heterocycles. The zero-order valence-corrected chi connectivity index (χ0v) is 11.3. The fourth-order valence-electron chi connectivity index (χ4n) is 2.03. The van der Waals surface area contributed by atoms with Crippen LogP contribution in [-0.4, -0.2) is 31.7 Å². The summed E-state index contributed by atoms with van der Waals surface area (Å²) in [4.78, 5) is 12.3. The van der Waals surface area contributed by atoms with Crippen LogP contribution >= 0.6 is 11.6 Å². The van der Waals surface area contributed by atoms with Gasteiger partial charge in [0.2, 0.25) is 0 Å². The van der Waals surface area contributed by atoms with Crippen molar-refractivity contribution in [3.05, 3.63) is 28.8 Å². The SMILES string of the molecule is CNc1ccc(Cl)cc1C(=O)NC1(C)CCOC1. The summed E-state index contributed by atoms with van der Waals surface area (Å²) in [5.41, 5.74) is 1.03. The van der Waals surface area contributed by atoms with E-state index in [1.807, 2.05) is 6.92 Å². The Morgan fingerprint density at radius 1 is 1.50 bits per heavy atom. The lowest BCUT2D eigenvalue weighted by Gasteiger charge is -2.24. The van der Waals surface area contributed by atoms with Gasteiger partial charge in [-0.25, -0.2) is 0 Å². The molecule has 0 spiro atoms. The predicted molar refractivity (Wildman–Crippen MR) is 72.3 cm³/mol. The molecule has 1 heterocycles. The molecule has 0 bridgehead atoms. The Hall–Kier alpha value is -1.26. The highest BCUT2D eigenvalue weighted by molar-refractivity contribution is 6.31. The monoisotopic (exact) mass is 268 g/mol. The summed E-state index contributed by atoms with van der Waals surface area (Å²) in [6.07, 6.45) is 0.828. The first-order chi connectivity index (χ1) is 8.54. The van der Waals surface area contributed by atoms with Crippen molar-refractivity contribution in [2.45, 2.75) is 18.9 Å². The molecule has 0 radical (unpaired) electrons. The second kappa shape index (κ2) is 5.16. The summed E-state index contributed by atoms with van der Waals surface area (Å²) in [6, 6.07) is 5.22. The maximum absolute atomic E-state index is 12.3. The quantitative estimate of drug-likeness (QED) is 0.884. The zero-order valence-electron chi connectivity index (χ0n) is 10.5. The molecule has 1 atom stereocenters. The lowest BCUT2D eigenvalue weighted by Crippen LogP contribution is -2.46. The van der Waals surface area contributed by atoms with Gasteiger partial charge >= 0.3 is 0 Å². The standard InChI is InChI=1S/C13H17ClN2O2/c1-13(5-6-18-8-13)16-12(17)10-7-9(14)3-4-11(10)15-2/h3-4,7,15H,5-6,8H2,1-2H3,(H,16,17). The van der Waals surface area contributed by atoms with Crippen LogP contribution in [0.25, 0.3) is 0 Å². The highest BCUT2D eigenvalue weighted by atomic mass is 35.5. The zero-order chi connectivity index (χ0) is 13.2. The van der Waals surface area contributed by atoms with Gasteiger partial charge in [-0.15, -0.1) is 0 Å². The van der Waals surface area contributed by atoms with Gasteiger partial charge in [0.15, 0.2) is 0 Å². The van der Waals surface area contributed by atoms with Crippen LogP contribution in [0.15, 0.2) is 18.2 Å². The van der Waals surface area contributed by atoms with Crippen molar-refractivity contribution in [3.63, 3.8) is 0 Å². The fourth-order valence-corrected chi connectivity index (χ4v) is 2.20. The first kappa shape index (κ1) is 13.2. The minimum atomic E-state index is -0.287. The van der Waals surface area contributed by atoms with Gasteiger partial charge in [0.25, 0.3) is 5.91 Å². The maximum atomic E-state index is 12.3. The molecule has 1 amide bonds. The normalized spacial score (nSPS) is 22.8. The number of nitrogens with one attached hydrogen (secondary N) is 2. The predicted octanol–water partition coefficient (Wildman–Crippen LogP) is 2.29. The average molecular weight is 269 g/mol. The molecule has 1 aliphatic rings. The van der Waals surface area contributed by atoms with E-state index in [0.29, 0.717) is 23.8 Å². The summed E-state index contributed by atoms with van der Waals surface area (Å²) in [6.45, 7) is 3.22. The average Bonchev–Trinajstić information content (AvgIpc) is 2.75. The number of amides is 1. The van der Waals surface area contributed by atoms with Crippen LogP contribution in [0.5, 0.6) is 0 Å². The Kier molecular flexibility index (Phi) is 3.78. The van der Waals surface area contributed by atoms with Crippen molar-refractivity contribution in [3.8, 4) is 0 Å². The highest BCUT2D eigenvalue weighted by Gasteiger charge is 2.32. The topological polar surface area (TPSA) is 50.4 Å². The molecule has 0 saturated carbocycles. The molecule has 2 N–H and O–H groups in total. The van der Waals surface area contributed by atoms with Crippen LogP contribution in [0.2, 0.25) is 5.02 Å². The third kappa shape index (κ3) is 2.76. The van der Waals surface area contributed by atoms with Crippen molar-refractivity contribution >= 4 is 23.2 Å². The molecule has 0 aromatic heterocycles. The Morgan fingerprint density at radius 3 is 2.89 bits per heavy atom. The number of carbonyl (C=O) groups excluding carboxylic acids is 1. The number of ether oxygens (including phenoxy) is 1. The Balaban J connectivity index is 2.20. The van der Waals surface area contributed by atoms with E-state index in [4.69, 9.17) is 16.3 Å². The van der Waals surface area contributed by atoms with Gasteiger partial charge in [-0.05, 0) is 31.5 Å². The molecule has 1 unspecified atom stereocenters. The van der Waals surface area contributed by atoms with Gasteiger partial charge in [0.1, 0.15) is 0 Å². The highest BCUT2D eigenvalue weighted by Crippen LogP contribution is 2.23. The second-order valence-electron chi connectivity index (χ2n) is 4.76. The first-order valence-corrected chi connectivity index (χ1v) is 6.29. The summed E-state index contributed by atoms with van der Waals surface area (Å²) in [5, 5.41) is 6.55. The fraction of sp³-hybridized carbons (Fsp3) is 0.462. The molecule has 1 saturated heterocycles. The van der Waals surface area contributed by atoms with Crippen LogP contribution < -0.4 is 10.6 Å². The maximum Gasteiger partial charge on any atom is 0.253 e. The van der Waals surface area contributed by atoms with E-state index < -0.39 is 0 Å². The number of hydrogen-bond donors (Lipinski definition) is 2. The Bertz CT molecular complexity index is 456. The minimum Gasteiger partial charge on any atom is -0.387 e. The van der Waals surface area contributed by atoms with E-state index in [1.54, 1.807) is 25.2 Å². The van der Waals surface area contributed by atoms with Crippen molar-refractivity contribution < 1.29 is 9.53 Å². The number of halogens is 1. The molecular formula is C13H17ClN2O2. The molecule has 18 heavy (non-hydrogen) atoms. The van der Waals surface area contributed by atoms with Crippen LogP contribution in [0.1, 0.15) is 23.7 Å². The molecular weight excluding hydrogens is 252 g/mol. The van der Waals surface area contributed by atoms with E-state index in [2.05, 4.69) is 10.6 Å². The number of carbonyl (C=O) groups is 1. The van der Waals surface area contributed by atoms with E-state index in [1.165, 1.54) is 0 Å². The van der Waals surface area contributed by atoms with Gasteiger partial charge in [0.05, 0.1) is 17.7 Å². The smallest absolute Gasteiger partial charge is 0.253 e. The van der Waals surface area contributed by atoms with Gasteiger partial charge < -0.3 is 15.4 Å². The van der Waals surface area contributed by atoms with E-state index in [0.717, 1.165) is 12.1 Å². The molecule has 1 aromatic rings. The van der Waals surface area contributed by atoms with Crippen molar-refractivity contribution in [1.29, 1.82) is 0 Å². The van der Waals surface area contributed by atoms with Gasteiger partial charge in [-0.1, -0.05) is 11.6 Å². The van der Waals surface area contributed by atoms with Crippen molar-refractivity contribution in [2.75, 3.05) is 25.6 Å². The van der Waals surface area contributed by atoms with E-state index >= 15 is 0 Å². The second-order valence-corrected chi connectivity index (χ2v) is 5.19. The van der Waals surface area contributed by atoms with Crippen LogP contribution in [-0.2, 0) is 4.74 Å². The molecule has 0 aliphatic carbocycles. The van der Waals surface area contributed by atoms with Crippen molar-refractivity contribution in [1.82, 2.24) is 5.32 Å². The van der Waals surface area contributed by atoms with E-state index in [-0.39, 0.29) is 11.4 Å². The minimum absolute atomic E-state index is 0.130. The Labute approximate surface area is 112 Å². The van der Waals surface area contributed by atoms with Crippen LogP contribution in [0, 0.1) is 0 Å². The summed E-state index contributed by atoms with van der Waals surface area (Å²) in [5.74, 6) is -0.130. The third-order valence-corrected chi connectivity index (χ3v) is 3.36. The molecule has 5 heteroatoms.